The minimum Gasteiger partial charge on any atom is -0.466 e. The van der Waals surface area contributed by atoms with E-state index in [0.29, 0.717) is 25.6 Å². The summed E-state index contributed by atoms with van der Waals surface area (Å²) in [6.07, 6.45) is 1.81. The van der Waals surface area contributed by atoms with Gasteiger partial charge < -0.3 is 4.74 Å². The largest absolute Gasteiger partial charge is 0.466 e. The zero-order valence-electron chi connectivity index (χ0n) is 15.0. The molecule has 1 aromatic carbocycles. The van der Waals surface area contributed by atoms with Crippen LogP contribution in [0.2, 0.25) is 5.02 Å². The highest BCUT2D eigenvalue weighted by atomic mass is 35.5. The van der Waals surface area contributed by atoms with Crippen LogP contribution < -0.4 is 14.9 Å². The Labute approximate surface area is 173 Å². The zero-order chi connectivity index (χ0) is 19.8. The molecule has 2 aromatic heterocycles. The number of allylic oxidation sites excluding steroid dienone is 1. The Kier molecular flexibility index (Phi) is 5.05. The van der Waals surface area contributed by atoms with E-state index in [1.807, 2.05) is 35.7 Å². The van der Waals surface area contributed by atoms with Crippen molar-refractivity contribution in [3.8, 4) is 0 Å². The molecule has 5 nitrogen and oxygen atoms in total. The summed E-state index contributed by atoms with van der Waals surface area (Å²) in [6.45, 7) is 1.77. The first-order valence-electron chi connectivity index (χ1n) is 8.39. The number of esters is 1. The Bertz CT molecular complexity index is 1250. The van der Waals surface area contributed by atoms with E-state index in [9.17, 15) is 9.59 Å². The number of halogens is 1. The van der Waals surface area contributed by atoms with Crippen LogP contribution in [0, 0.1) is 0 Å². The van der Waals surface area contributed by atoms with E-state index in [0.717, 1.165) is 10.4 Å². The van der Waals surface area contributed by atoms with Crippen LogP contribution in [-0.2, 0) is 9.53 Å². The van der Waals surface area contributed by atoms with Gasteiger partial charge in [-0.05, 0) is 42.1 Å². The predicted octanol–water partition coefficient (Wildman–Crippen LogP) is 3.12. The van der Waals surface area contributed by atoms with Crippen LogP contribution in [0.25, 0.3) is 6.08 Å². The molecule has 0 aliphatic carbocycles. The smallest absolute Gasteiger partial charge is 0.338 e. The van der Waals surface area contributed by atoms with Crippen LogP contribution in [-0.4, -0.2) is 17.6 Å². The highest BCUT2D eigenvalue weighted by Gasteiger charge is 2.33. The number of rotatable bonds is 3. The molecule has 28 heavy (non-hydrogen) atoms. The van der Waals surface area contributed by atoms with Crippen molar-refractivity contribution in [3.05, 3.63) is 88.2 Å². The van der Waals surface area contributed by atoms with Crippen LogP contribution in [0.3, 0.4) is 0 Å². The molecule has 0 amide bonds. The fourth-order valence-corrected chi connectivity index (χ4v) is 5.12. The first-order valence-corrected chi connectivity index (χ1v) is 10.5. The quantitative estimate of drug-likeness (QED) is 0.600. The molecule has 1 aliphatic rings. The third kappa shape index (κ3) is 3.26. The Morgan fingerprint density at radius 3 is 2.68 bits per heavy atom. The lowest BCUT2D eigenvalue weighted by Crippen LogP contribution is -2.39. The number of benzene rings is 1. The lowest BCUT2D eigenvalue weighted by Gasteiger charge is -2.22. The second-order valence-corrected chi connectivity index (χ2v) is 8.57. The van der Waals surface area contributed by atoms with Gasteiger partial charge in [-0.2, -0.15) is 0 Å². The van der Waals surface area contributed by atoms with E-state index in [1.165, 1.54) is 29.8 Å². The third-order valence-electron chi connectivity index (χ3n) is 4.41. The number of hydrogen-bond donors (Lipinski definition) is 0. The van der Waals surface area contributed by atoms with E-state index in [4.69, 9.17) is 16.3 Å². The molecule has 3 aromatic rings. The molecular formula is C20H15ClN2O3S2. The first kappa shape index (κ1) is 18.9. The van der Waals surface area contributed by atoms with E-state index in [1.54, 1.807) is 23.6 Å². The SMILES string of the molecule is COC(=O)C1=C(C)N=c2s/c(=C\c3ccc(Cl)cc3)c(=O)n2[C@@H]1c1cccs1. The average molecular weight is 431 g/mol. The van der Waals surface area contributed by atoms with Gasteiger partial charge >= 0.3 is 5.97 Å². The third-order valence-corrected chi connectivity index (χ3v) is 6.57. The molecule has 4 rings (SSSR count). The van der Waals surface area contributed by atoms with Crippen molar-refractivity contribution in [2.75, 3.05) is 7.11 Å². The van der Waals surface area contributed by atoms with Gasteiger partial charge in [0.2, 0.25) is 0 Å². The fourth-order valence-electron chi connectivity index (χ4n) is 3.12. The molecule has 0 bridgehead atoms. The van der Waals surface area contributed by atoms with Gasteiger partial charge in [0.15, 0.2) is 4.80 Å². The topological polar surface area (TPSA) is 60.7 Å². The van der Waals surface area contributed by atoms with E-state index < -0.39 is 12.0 Å². The van der Waals surface area contributed by atoms with Crippen molar-refractivity contribution < 1.29 is 9.53 Å². The number of thiazole rings is 1. The van der Waals surface area contributed by atoms with Gasteiger partial charge in [0, 0.05) is 9.90 Å². The maximum Gasteiger partial charge on any atom is 0.338 e. The van der Waals surface area contributed by atoms with Crippen molar-refractivity contribution in [2.45, 2.75) is 13.0 Å². The predicted molar refractivity (Wildman–Crippen MR) is 112 cm³/mol. The number of aromatic nitrogens is 1. The minimum absolute atomic E-state index is 0.189. The molecule has 0 fully saturated rings. The van der Waals surface area contributed by atoms with Gasteiger partial charge in [0.25, 0.3) is 5.56 Å². The Balaban J connectivity index is 1.96. The number of carbonyl (C=O) groups excluding carboxylic acids is 1. The Morgan fingerprint density at radius 1 is 1.29 bits per heavy atom. The number of carbonyl (C=O) groups is 1. The summed E-state index contributed by atoms with van der Waals surface area (Å²) >= 11 is 8.73. The summed E-state index contributed by atoms with van der Waals surface area (Å²) in [5.41, 5.74) is 1.62. The first-order chi connectivity index (χ1) is 13.5. The van der Waals surface area contributed by atoms with E-state index >= 15 is 0 Å². The van der Waals surface area contributed by atoms with Crippen molar-refractivity contribution >= 4 is 46.3 Å². The lowest BCUT2D eigenvalue weighted by molar-refractivity contribution is -0.136. The van der Waals surface area contributed by atoms with Crippen LogP contribution in [0.4, 0.5) is 0 Å². The van der Waals surface area contributed by atoms with Crippen molar-refractivity contribution in [3.63, 3.8) is 0 Å². The molecule has 0 spiro atoms. The molecule has 0 N–H and O–H groups in total. The molecule has 3 heterocycles. The van der Waals surface area contributed by atoms with Gasteiger partial charge in [-0.1, -0.05) is 41.1 Å². The molecule has 0 saturated heterocycles. The number of nitrogens with zero attached hydrogens (tertiary/aromatic N) is 2. The Hall–Kier alpha value is -2.48. The van der Waals surface area contributed by atoms with Gasteiger partial charge in [-0.25, -0.2) is 9.79 Å². The van der Waals surface area contributed by atoms with Crippen molar-refractivity contribution in [1.29, 1.82) is 0 Å². The number of hydrogen-bond acceptors (Lipinski definition) is 6. The Morgan fingerprint density at radius 2 is 2.04 bits per heavy atom. The van der Waals surface area contributed by atoms with Crippen LogP contribution in [0.5, 0.6) is 0 Å². The molecular weight excluding hydrogens is 416 g/mol. The second kappa shape index (κ2) is 7.50. The van der Waals surface area contributed by atoms with Gasteiger partial charge in [0.05, 0.1) is 22.9 Å². The lowest BCUT2D eigenvalue weighted by atomic mass is 10.0. The van der Waals surface area contributed by atoms with Gasteiger partial charge in [-0.3, -0.25) is 9.36 Å². The van der Waals surface area contributed by atoms with Gasteiger partial charge in [0.1, 0.15) is 6.04 Å². The summed E-state index contributed by atoms with van der Waals surface area (Å²) in [5, 5.41) is 2.55. The second-order valence-electron chi connectivity index (χ2n) is 6.14. The monoisotopic (exact) mass is 430 g/mol. The summed E-state index contributed by atoms with van der Waals surface area (Å²) in [6, 6.07) is 10.5. The molecule has 1 atom stereocenters. The zero-order valence-corrected chi connectivity index (χ0v) is 17.4. The van der Waals surface area contributed by atoms with Crippen molar-refractivity contribution in [1.82, 2.24) is 4.57 Å². The normalized spacial score (nSPS) is 16.7. The molecule has 0 saturated carbocycles. The summed E-state index contributed by atoms with van der Waals surface area (Å²) in [7, 11) is 1.33. The molecule has 142 valence electrons. The number of fused-ring (bicyclic) bond motifs is 1. The summed E-state index contributed by atoms with van der Waals surface area (Å²) in [4.78, 5) is 31.7. The molecule has 0 unspecified atom stereocenters. The standard InChI is InChI=1S/C20H15ClN2O3S2/c1-11-16(19(25)26-2)17(14-4-3-9-27-14)23-18(24)15(28-20(23)22-11)10-12-5-7-13(21)8-6-12/h3-10,17H,1-2H3/b15-10-/t17-/m1/s1. The van der Waals surface area contributed by atoms with E-state index in [2.05, 4.69) is 4.99 Å². The number of methoxy groups -OCH3 is 1. The summed E-state index contributed by atoms with van der Waals surface area (Å²) < 4.78 is 7.10. The van der Waals surface area contributed by atoms with Gasteiger partial charge in [-0.15, -0.1) is 11.3 Å². The van der Waals surface area contributed by atoms with Crippen LogP contribution >= 0.6 is 34.3 Å². The minimum atomic E-state index is -0.545. The molecule has 0 radical (unpaired) electrons. The number of thiophene rings is 1. The molecule has 1 aliphatic heterocycles. The average Bonchev–Trinajstić information content (AvgIpc) is 3.31. The molecule has 8 heteroatoms. The van der Waals surface area contributed by atoms with E-state index in [-0.39, 0.29) is 5.56 Å². The number of ether oxygens (including phenoxy) is 1. The highest BCUT2D eigenvalue weighted by Crippen LogP contribution is 2.32. The van der Waals surface area contributed by atoms with Crippen LogP contribution in [0.1, 0.15) is 23.4 Å². The van der Waals surface area contributed by atoms with Crippen molar-refractivity contribution in [2.24, 2.45) is 4.99 Å². The fraction of sp³-hybridized carbons (Fsp3) is 0.150. The van der Waals surface area contributed by atoms with Crippen LogP contribution in [0.15, 0.2) is 62.8 Å². The highest BCUT2D eigenvalue weighted by molar-refractivity contribution is 7.10. The summed E-state index contributed by atoms with van der Waals surface area (Å²) in [5.74, 6) is -0.480. The maximum absolute atomic E-state index is 13.2. The maximum atomic E-state index is 13.2.